The van der Waals surface area contributed by atoms with Crippen LogP contribution in [0.3, 0.4) is 0 Å². The molecule has 1 fully saturated rings. The van der Waals surface area contributed by atoms with Crippen molar-refractivity contribution in [1.82, 2.24) is 5.06 Å². The molecule has 14 heavy (non-hydrogen) atoms. The van der Waals surface area contributed by atoms with E-state index in [9.17, 15) is 14.0 Å². The van der Waals surface area contributed by atoms with Crippen LogP contribution in [0.4, 0.5) is 8.78 Å². The zero-order valence-electron chi connectivity index (χ0n) is 7.53. The third-order valence-electron chi connectivity index (χ3n) is 2.51. The van der Waals surface area contributed by atoms with E-state index in [1.807, 2.05) is 0 Å². The molecule has 1 saturated heterocycles. The average Bonchev–Trinajstić information content (AvgIpc) is 2.16. The second kappa shape index (κ2) is 4.39. The molecule has 0 aliphatic carbocycles. The maximum Gasteiger partial charge on any atom is 0.149 e. The summed E-state index contributed by atoms with van der Waals surface area (Å²) in [7, 11) is 0. The summed E-state index contributed by atoms with van der Waals surface area (Å²) in [6.45, 7) is 1.57. The first-order chi connectivity index (χ1) is 6.54. The molecule has 0 aromatic heterocycles. The summed E-state index contributed by atoms with van der Waals surface area (Å²) in [6.07, 6.45) is -3.46. The van der Waals surface area contributed by atoms with Gasteiger partial charge in [-0.15, -0.1) is 11.6 Å². The van der Waals surface area contributed by atoms with Crippen LogP contribution in [0.2, 0.25) is 0 Å². The Kier molecular flexibility index (Phi) is 3.65. The van der Waals surface area contributed by atoms with E-state index in [1.165, 1.54) is 0 Å². The molecule has 0 bridgehead atoms. The summed E-state index contributed by atoms with van der Waals surface area (Å²) in [5.74, 6) is -2.32. The molecule has 1 aliphatic rings. The highest BCUT2D eigenvalue weighted by Crippen LogP contribution is 2.37. The van der Waals surface area contributed by atoms with Gasteiger partial charge < -0.3 is 10.3 Å². The number of nitrogens with zero attached hydrogens (tertiary/aromatic N) is 2. The first-order valence-corrected chi connectivity index (χ1v) is 4.75. The Bertz CT molecular complexity index is 248. The van der Waals surface area contributed by atoms with E-state index in [0.717, 1.165) is 0 Å². The second-order valence-corrected chi connectivity index (χ2v) is 3.72. The number of rotatable bonds is 1. The van der Waals surface area contributed by atoms with Crippen LogP contribution in [0.25, 0.3) is 0 Å². The van der Waals surface area contributed by atoms with E-state index < -0.39 is 29.8 Å². The van der Waals surface area contributed by atoms with E-state index in [4.69, 9.17) is 16.9 Å². The number of piperidine rings is 1. The van der Waals surface area contributed by atoms with Gasteiger partial charge in [0.2, 0.25) is 0 Å². The lowest BCUT2D eigenvalue weighted by molar-refractivity contribution is -0.0502. The maximum absolute atomic E-state index is 13.5. The van der Waals surface area contributed by atoms with Crippen molar-refractivity contribution in [3.05, 3.63) is 5.21 Å². The minimum Gasteiger partial charge on any atom is -0.782 e. The number of hydrogen-bond donors (Lipinski definition) is 0. The molecule has 0 spiro atoms. The third-order valence-corrected chi connectivity index (χ3v) is 2.97. The summed E-state index contributed by atoms with van der Waals surface area (Å²) < 4.78 is 26.7. The maximum atomic E-state index is 13.5. The van der Waals surface area contributed by atoms with Gasteiger partial charge in [-0.25, -0.2) is 8.78 Å². The number of alkyl halides is 3. The van der Waals surface area contributed by atoms with Crippen LogP contribution in [0.5, 0.6) is 0 Å². The SMILES string of the molecule is CCC1C(F)C(C#N)C(Cl)N([O-])C1F. The van der Waals surface area contributed by atoms with Crippen molar-refractivity contribution in [2.75, 3.05) is 0 Å². The monoisotopic (exact) mass is 223 g/mol. The molecule has 0 saturated carbocycles. The predicted octanol–water partition coefficient (Wildman–Crippen LogP) is 2.16. The first-order valence-electron chi connectivity index (χ1n) is 4.31. The molecule has 80 valence electrons. The fraction of sp³-hybridized carbons (Fsp3) is 0.875. The van der Waals surface area contributed by atoms with Crippen LogP contribution in [0, 0.1) is 28.4 Å². The Morgan fingerprint density at radius 1 is 1.57 bits per heavy atom. The standard InChI is InChI=1S/C8H10ClF2N2O/c1-2-4-6(10)5(3-12)7(9)13(14)8(4)11/h4-8H,2H2,1H3/q-1. The normalized spacial score (nSPS) is 44.7. The lowest BCUT2D eigenvalue weighted by Crippen LogP contribution is -2.53. The molecule has 0 aromatic carbocycles. The summed E-state index contributed by atoms with van der Waals surface area (Å²) in [5, 5.41) is 19.7. The number of nitriles is 1. The summed E-state index contributed by atoms with van der Waals surface area (Å²) in [5.41, 5.74) is -1.44. The molecule has 0 radical (unpaired) electrons. The molecular weight excluding hydrogens is 214 g/mol. The Morgan fingerprint density at radius 3 is 2.57 bits per heavy atom. The minimum atomic E-state index is -1.96. The summed E-state index contributed by atoms with van der Waals surface area (Å²) >= 11 is 5.46. The van der Waals surface area contributed by atoms with Crippen molar-refractivity contribution in [2.24, 2.45) is 11.8 Å². The highest BCUT2D eigenvalue weighted by molar-refractivity contribution is 6.20. The minimum absolute atomic E-state index is 0.0281. The number of hydrogen-bond acceptors (Lipinski definition) is 3. The van der Waals surface area contributed by atoms with Crippen molar-refractivity contribution in [3.8, 4) is 6.07 Å². The smallest absolute Gasteiger partial charge is 0.149 e. The molecule has 3 nitrogen and oxygen atoms in total. The van der Waals surface area contributed by atoms with Gasteiger partial charge in [-0.05, 0) is 6.42 Å². The molecule has 5 unspecified atom stereocenters. The van der Waals surface area contributed by atoms with Crippen LogP contribution < -0.4 is 0 Å². The van der Waals surface area contributed by atoms with E-state index in [1.54, 1.807) is 13.0 Å². The second-order valence-electron chi connectivity index (χ2n) is 3.28. The fourth-order valence-corrected chi connectivity index (χ4v) is 1.91. The Hall–Kier alpha value is -0.440. The molecule has 1 aliphatic heterocycles. The Labute approximate surface area is 85.8 Å². The van der Waals surface area contributed by atoms with Crippen molar-refractivity contribution in [2.45, 2.75) is 31.3 Å². The van der Waals surface area contributed by atoms with Gasteiger partial charge in [0.25, 0.3) is 0 Å². The van der Waals surface area contributed by atoms with Crippen LogP contribution in [0.15, 0.2) is 0 Å². The van der Waals surface area contributed by atoms with E-state index in [2.05, 4.69) is 0 Å². The quantitative estimate of drug-likeness (QED) is 0.506. The lowest BCUT2D eigenvalue weighted by Gasteiger charge is -2.47. The topological polar surface area (TPSA) is 50.1 Å². The van der Waals surface area contributed by atoms with Gasteiger partial charge in [-0.1, -0.05) is 6.92 Å². The Morgan fingerprint density at radius 2 is 2.14 bits per heavy atom. The van der Waals surface area contributed by atoms with Crippen molar-refractivity contribution in [1.29, 1.82) is 5.26 Å². The number of hydroxylamine groups is 2. The first kappa shape index (κ1) is 11.6. The van der Waals surface area contributed by atoms with Gasteiger partial charge in [-0.3, -0.25) is 0 Å². The third kappa shape index (κ3) is 1.70. The Balaban J connectivity index is 2.89. The molecule has 6 heteroatoms. The van der Waals surface area contributed by atoms with Crippen LogP contribution >= 0.6 is 11.6 Å². The van der Waals surface area contributed by atoms with Crippen LogP contribution in [-0.4, -0.2) is 23.0 Å². The van der Waals surface area contributed by atoms with Gasteiger partial charge >= 0.3 is 0 Å². The molecule has 1 rings (SSSR count). The van der Waals surface area contributed by atoms with Crippen molar-refractivity contribution in [3.63, 3.8) is 0 Å². The van der Waals surface area contributed by atoms with Crippen molar-refractivity contribution >= 4 is 11.6 Å². The molecular formula is C8H10ClF2N2O-. The molecule has 1 heterocycles. The predicted molar refractivity (Wildman–Crippen MR) is 47.5 cm³/mol. The van der Waals surface area contributed by atoms with Gasteiger partial charge in [0, 0.05) is 5.92 Å². The van der Waals surface area contributed by atoms with Crippen molar-refractivity contribution < 1.29 is 8.78 Å². The van der Waals surface area contributed by atoms with Crippen LogP contribution in [0.1, 0.15) is 13.3 Å². The van der Waals surface area contributed by atoms with E-state index in [-0.39, 0.29) is 11.5 Å². The van der Waals surface area contributed by atoms with Gasteiger partial charge in [-0.2, -0.15) is 5.26 Å². The zero-order valence-corrected chi connectivity index (χ0v) is 8.29. The summed E-state index contributed by atoms with van der Waals surface area (Å²) in [6, 6.07) is 1.60. The molecule has 0 aromatic rings. The fourth-order valence-electron chi connectivity index (χ4n) is 1.61. The van der Waals surface area contributed by atoms with Crippen LogP contribution in [-0.2, 0) is 0 Å². The molecule has 0 amide bonds. The summed E-state index contributed by atoms with van der Waals surface area (Å²) in [4.78, 5) is 0. The zero-order chi connectivity index (χ0) is 10.9. The van der Waals surface area contributed by atoms with E-state index >= 15 is 0 Å². The number of halogens is 3. The van der Waals surface area contributed by atoms with Gasteiger partial charge in [0.15, 0.2) is 0 Å². The molecule has 5 atom stereocenters. The van der Waals surface area contributed by atoms with Gasteiger partial charge in [0.1, 0.15) is 18.4 Å². The van der Waals surface area contributed by atoms with Gasteiger partial charge in [0.05, 0.1) is 11.6 Å². The highest BCUT2D eigenvalue weighted by atomic mass is 35.5. The lowest BCUT2D eigenvalue weighted by atomic mass is 9.86. The largest absolute Gasteiger partial charge is 0.782 e. The van der Waals surface area contributed by atoms with E-state index in [0.29, 0.717) is 0 Å². The molecule has 0 N–H and O–H groups in total. The average molecular weight is 224 g/mol. The highest BCUT2D eigenvalue weighted by Gasteiger charge is 2.45.